The topological polar surface area (TPSA) is 74.3 Å². The van der Waals surface area contributed by atoms with Crippen LogP contribution in [0.3, 0.4) is 0 Å². The largest absolute Gasteiger partial charge is 0.497 e. The second-order valence-corrected chi connectivity index (χ2v) is 9.04. The summed E-state index contributed by atoms with van der Waals surface area (Å²) < 4.78 is 22.3. The van der Waals surface area contributed by atoms with Gasteiger partial charge in [0.2, 0.25) is 0 Å². The summed E-state index contributed by atoms with van der Waals surface area (Å²) in [4.78, 5) is 27.4. The van der Waals surface area contributed by atoms with E-state index in [1.807, 2.05) is 54.6 Å². The number of benzene rings is 2. The smallest absolute Gasteiger partial charge is 0.410 e. The Morgan fingerprint density at radius 3 is 2.48 bits per heavy atom. The lowest BCUT2D eigenvalue weighted by atomic mass is 9.67. The Balaban J connectivity index is 1.45. The molecule has 2 unspecified atom stereocenters. The minimum atomic E-state index is -0.835. The molecular weight excluding hydrogens is 422 g/mol. The maximum Gasteiger partial charge on any atom is 0.410 e. The molecule has 7 heteroatoms. The second-order valence-electron chi connectivity index (χ2n) is 9.04. The van der Waals surface area contributed by atoms with Gasteiger partial charge in [-0.15, -0.1) is 0 Å². The maximum absolute atomic E-state index is 12.9. The van der Waals surface area contributed by atoms with Crippen LogP contribution < -0.4 is 4.74 Å². The summed E-state index contributed by atoms with van der Waals surface area (Å²) in [5.41, 5.74) is 0.483. The van der Waals surface area contributed by atoms with Crippen LogP contribution in [0.2, 0.25) is 0 Å². The zero-order chi connectivity index (χ0) is 23.3. The van der Waals surface area contributed by atoms with Crippen LogP contribution in [0.1, 0.15) is 36.8 Å². The van der Waals surface area contributed by atoms with Crippen molar-refractivity contribution in [3.05, 3.63) is 65.7 Å². The standard InChI is InChI=1S/C26H31NO6/c1-30-22-11-9-20(10-12-22)15-27-18-26(33-24(27)29)14-6-13-25(17-26,23(28)31-2)19-32-16-21-7-4-3-5-8-21/h3-5,7-12H,6,13-19H2,1-2H3. The van der Waals surface area contributed by atoms with E-state index < -0.39 is 11.0 Å². The molecule has 0 bridgehead atoms. The van der Waals surface area contributed by atoms with E-state index in [-0.39, 0.29) is 18.7 Å². The van der Waals surface area contributed by atoms with Crippen molar-refractivity contribution in [1.82, 2.24) is 4.90 Å². The van der Waals surface area contributed by atoms with Gasteiger partial charge in [-0.05, 0) is 42.5 Å². The third kappa shape index (κ3) is 5.14. The van der Waals surface area contributed by atoms with Crippen molar-refractivity contribution in [1.29, 1.82) is 0 Å². The van der Waals surface area contributed by atoms with Crippen molar-refractivity contribution in [3.63, 3.8) is 0 Å². The highest BCUT2D eigenvalue weighted by Crippen LogP contribution is 2.47. The van der Waals surface area contributed by atoms with Crippen LogP contribution in [0.15, 0.2) is 54.6 Å². The van der Waals surface area contributed by atoms with E-state index in [0.29, 0.717) is 32.5 Å². The number of amides is 1. The Morgan fingerprint density at radius 1 is 1.03 bits per heavy atom. The zero-order valence-corrected chi connectivity index (χ0v) is 19.2. The van der Waals surface area contributed by atoms with Gasteiger partial charge in [0.15, 0.2) is 0 Å². The SMILES string of the molecule is COC(=O)C1(COCc2ccccc2)CCCC2(CN(Cc3ccc(OC)cc3)C(=O)O2)C1. The maximum atomic E-state index is 12.9. The van der Waals surface area contributed by atoms with Gasteiger partial charge in [0, 0.05) is 13.0 Å². The first-order valence-corrected chi connectivity index (χ1v) is 11.3. The van der Waals surface area contributed by atoms with E-state index in [1.165, 1.54) is 7.11 Å². The van der Waals surface area contributed by atoms with Crippen molar-refractivity contribution in [2.75, 3.05) is 27.4 Å². The van der Waals surface area contributed by atoms with Gasteiger partial charge in [-0.3, -0.25) is 9.69 Å². The molecule has 0 radical (unpaired) electrons. The highest BCUT2D eigenvalue weighted by molar-refractivity contribution is 5.78. The van der Waals surface area contributed by atoms with Crippen LogP contribution in [0, 0.1) is 5.41 Å². The van der Waals surface area contributed by atoms with Gasteiger partial charge in [0.05, 0.1) is 39.4 Å². The van der Waals surface area contributed by atoms with Crippen LogP contribution in [0.25, 0.3) is 0 Å². The Labute approximate surface area is 194 Å². The van der Waals surface area contributed by atoms with Crippen molar-refractivity contribution in [3.8, 4) is 5.75 Å². The predicted octanol–water partition coefficient (Wildman–Crippen LogP) is 4.34. The lowest BCUT2D eigenvalue weighted by Gasteiger charge is -2.42. The molecular formula is C26H31NO6. The van der Waals surface area contributed by atoms with Gasteiger partial charge >= 0.3 is 12.1 Å². The molecule has 1 saturated carbocycles. The summed E-state index contributed by atoms with van der Waals surface area (Å²) in [6, 6.07) is 17.5. The fourth-order valence-electron chi connectivity index (χ4n) is 5.04. The monoisotopic (exact) mass is 453 g/mol. The van der Waals surface area contributed by atoms with E-state index in [2.05, 4.69) is 0 Å². The molecule has 2 fully saturated rings. The summed E-state index contributed by atoms with van der Waals surface area (Å²) in [6.45, 7) is 1.53. The molecule has 33 heavy (non-hydrogen) atoms. The first-order valence-electron chi connectivity index (χ1n) is 11.3. The van der Waals surface area contributed by atoms with E-state index in [4.69, 9.17) is 18.9 Å². The van der Waals surface area contributed by atoms with Crippen LogP contribution >= 0.6 is 0 Å². The lowest BCUT2D eigenvalue weighted by molar-refractivity contribution is -0.167. The number of carbonyl (C=O) groups is 2. The van der Waals surface area contributed by atoms with Crippen molar-refractivity contribution < 1.29 is 28.5 Å². The molecule has 1 aliphatic carbocycles. The molecule has 7 nitrogen and oxygen atoms in total. The van der Waals surface area contributed by atoms with Gasteiger partial charge in [-0.2, -0.15) is 0 Å². The minimum Gasteiger partial charge on any atom is -0.497 e. The third-order valence-electron chi connectivity index (χ3n) is 6.63. The summed E-state index contributed by atoms with van der Waals surface area (Å²) in [5.74, 6) is 0.462. The minimum absolute atomic E-state index is 0.229. The number of nitrogens with zero attached hydrogens (tertiary/aromatic N) is 1. The average Bonchev–Trinajstić information content (AvgIpc) is 3.13. The molecule has 2 atom stereocenters. The van der Waals surface area contributed by atoms with Crippen LogP contribution in [-0.4, -0.2) is 49.9 Å². The van der Waals surface area contributed by atoms with Crippen molar-refractivity contribution >= 4 is 12.1 Å². The van der Waals surface area contributed by atoms with Crippen molar-refractivity contribution in [2.24, 2.45) is 5.41 Å². The van der Waals surface area contributed by atoms with Gasteiger partial charge in [-0.1, -0.05) is 42.5 Å². The summed E-state index contributed by atoms with van der Waals surface area (Å²) in [7, 11) is 3.02. The van der Waals surface area contributed by atoms with Gasteiger partial charge in [0.25, 0.3) is 0 Å². The molecule has 0 N–H and O–H groups in total. The van der Waals surface area contributed by atoms with E-state index in [0.717, 1.165) is 29.7 Å². The number of esters is 1. The molecule has 1 amide bonds. The third-order valence-corrected chi connectivity index (χ3v) is 6.63. The quantitative estimate of drug-likeness (QED) is 0.554. The first kappa shape index (κ1) is 23.1. The molecule has 0 aromatic heterocycles. The highest BCUT2D eigenvalue weighted by atomic mass is 16.6. The van der Waals surface area contributed by atoms with E-state index in [1.54, 1.807) is 12.0 Å². The molecule has 1 heterocycles. The van der Waals surface area contributed by atoms with E-state index >= 15 is 0 Å². The number of hydrogen-bond donors (Lipinski definition) is 0. The number of ether oxygens (including phenoxy) is 4. The number of carbonyl (C=O) groups excluding carboxylic acids is 2. The Morgan fingerprint density at radius 2 is 1.79 bits per heavy atom. The molecule has 1 spiro atoms. The molecule has 2 aromatic carbocycles. The molecule has 1 aliphatic heterocycles. The van der Waals surface area contributed by atoms with Gasteiger partial charge < -0.3 is 18.9 Å². The van der Waals surface area contributed by atoms with Crippen LogP contribution in [0.4, 0.5) is 4.79 Å². The molecule has 1 saturated heterocycles. The fourth-order valence-corrected chi connectivity index (χ4v) is 5.04. The molecule has 176 valence electrons. The predicted molar refractivity (Wildman–Crippen MR) is 122 cm³/mol. The molecule has 4 rings (SSSR count). The normalized spacial score (nSPS) is 24.5. The van der Waals surface area contributed by atoms with Crippen molar-refractivity contribution in [2.45, 2.75) is 44.4 Å². The van der Waals surface area contributed by atoms with Gasteiger partial charge in [-0.25, -0.2) is 4.79 Å². The average molecular weight is 454 g/mol. The number of rotatable bonds is 8. The first-order chi connectivity index (χ1) is 16.0. The summed E-state index contributed by atoms with van der Waals surface area (Å²) >= 11 is 0. The second kappa shape index (κ2) is 9.83. The zero-order valence-electron chi connectivity index (χ0n) is 19.2. The fraction of sp³-hybridized carbons (Fsp3) is 0.462. The van der Waals surface area contributed by atoms with E-state index in [9.17, 15) is 9.59 Å². The highest BCUT2D eigenvalue weighted by Gasteiger charge is 2.56. The molecule has 2 aliphatic rings. The number of hydrogen-bond acceptors (Lipinski definition) is 6. The summed E-state index contributed by atoms with van der Waals surface area (Å²) in [5, 5.41) is 0. The van der Waals surface area contributed by atoms with Crippen LogP contribution in [-0.2, 0) is 32.2 Å². The summed E-state index contributed by atoms with van der Waals surface area (Å²) in [6.07, 6.45) is 2.16. The Bertz CT molecular complexity index is 963. The van der Waals surface area contributed by atoms with Gasteiger partial charge in [0.1, 0.15) is 11.4 Å². The Kier molecular flexibility index (Phi) is 6.88. The Hall–Kier alpha value is -3.06. The lowest BCUT2D eigenvalue weighted by Crippen LogP contribution is -2.50. The van der Waals surface area contributed by atoms with Crippen LogP contribution in [0.5, 0.6) is 5.75 Å². The molecule has 2 aromatic rings. The number of methoxy groups -OCH3 is 2.